The molecule has 0 unspecified atom stereocenters. The molecule has 0 fully saturated rings. The van der Waals surface area contributed by atoms with E-state index in [-0.39, 0.29) is 10.9 Å². The predicted molar refractivity (Wildman–Crippen MR) is 84.4 cm³/mol. The van der Waals surface area contributed by atoms with E-state index in [0.717, 1.165) is 27.8 Å². The zero-order valence-corrected chi connectivity index (χ0v) is 12.4. The first kappa shape index (κ1) is 14.3. The van der Waals surface area contributed by atoms with Crippen LogP contribution in [-0.4, -0.2) is 11.1 Å². The van der Waals surface area contributed by atoms with Crippen LogP contribution >= 0.6 is 11.3 Å². The van der Waals surface area contributed by atoms with Crippen molar-refractivity contribution in [2.75, 3.05) is 5.73 Å². The fourth-order valence-electron chi connectivity index (χ4n) is 2.23. The van der Waals surface area contributed by atoms with Crippen LogP contribution < -0.4 is 16.2 Å². The summed E-state index contributed by atoms with van der Waals surface area (Å²) in [5, 5.41) is 0.960. The van der Waals surface area contributed by atoms with E-state index in [1.54, 1.807) is 12.1 Å². The second-order valence-corrected chi connectivity index (χ2v) is 5.70. The average molecular weight is 317 g/mol. The Morgan fingerprint density at radius 3 is 2.64 bits per heavy atom. The smallest absolute Gasteiger partial charge is 0.397 e. The van der Waals surface area contributed by atoms with Crippen molar-refractivity contribution in [3.05, 3.63) is 41.7 Å². The normalized spacial score (nSPS) is 10.8. The molecule has 1 aromatic carbocycles. The zero-order chi connectivity index (χ0) is 15.9. The molecule has 112 valence electrons. The van der Waals surface area contributed by atoms with E-state index in [2.05, 4.69) is 4.98 Å². The molecule has 0 aliphatic carbocycles. The van der Waals surface area contributed by atoms with Gasteiger partial charge >= 0.3 is 6.09 Å². The maximum Gasteiger partial charge on any atom is 0.410 e. The summed E-state index contributed by atoms with van der Waals surface area (Å²) in [5.41, 5.74) is 13.7. The molecule has 1 amide bonds. The Bertz CT molecular complexity index is 875. The number of hydrogen-bond donors (Lipinski definition) is 2. The Hall–Kier alpha value is -2.67. The summed E-state index contributed by atoms with van der Waals surface area (Å²) >= 11 is 1.15. The van der Waals surface area contributed by atoms with E-state index in [1.807, 2.05) is 13.0 Å². The molecule has 5 nitrogen and oxygen atoms in total. The van der Waals surface area contributed by atoms with Crippen molar-refractivity contribution in [1.29, 1.82) is 0 Å². The third-order valence-corrected chi connectivity index (χ3v) is 4.17. The Balaban J connectivity index is 2.16. The average Bonchev–Trinajstić information content (AvgIpc) is 2.75. The van der Waals surface area contributed by atoms with Crippen molar-refractivity contribution >= 4 is 33.3 Å². The molecule has 3 rings (SSSR count). The number of thiophene rings is 1. The van der Waals surface area contributed by atoms with Gasteiger partial charge in [-0.15, -0.1) is 0 Å². The van der Waals surface area contributed by atoms with E-state index in [9.17, 15) is 9.18 Å². The lowest BCUT2D eigenvalue weighted by molar-refractivity contribution is 0.212. The Labute approximate surface area is 129 Å². The summed E-state index contributed by atoms with van der Waals surface area (Å²) in [6.07, 6.45) is -0.922. The largest absolute Gasteiger partial charge is 0.410 e. The molecule has 4 N–H and O–H groups in total. The standard InChI is InChI=1S/C15H12FN3O2S/c1-7-6-10(8-2-4-9(16)5-3-8)19-13-11(7)12(17)14(22-13)21-15(18)20/h2-6H,17H2,1H3,(H2,18,20). The van der Waals surface area contributed by atoms with Gasteiger partial charge in [0.1, 0.15) is 10.6 Å². The molecule has 0 atom stereocenters. The van der Waals surface area contributed by atoms with Crippen molar-refractivity contribution in [2.24, 2.45) is 5.73 Å². The van der Waals surface area contributed by atoms with Gasteiger partial charge in [-0.3, -0.25) is 0 Å². The lowest BCUT2D eigenvalue weighted by Crippen LogP contribution is -2.16. The fraction of sp³-hybridized carbons (Fsp3) is 0.0667. The summed E-state index contributed by atoms with van der Waals surface area (Å²) in [7, 11) is 0. The number of aromatic nitrogens is 1. The van der Waals surface area contributed by atoms with Gasteiger partial charge in [0.15, 0.2) is 0 Å². The number of ether oxygens (including phenoxy) is 1. The van der Waals surface area contributed by atoms with Crippen molar-refractivity contribution in [3.8, 4) is 16.3 Å². The van der Waals surface area contributed by atoms with Crippen LogP contribution in [0.2, 0.25) is 0 Å². The van der Waals surface area contributed by atoms with E-state index in [0.29, 0.717) is 16.2 Å². The monoisotopic (exact) mass is 317 g/mol. The van der Waals surface area contributed by atoms with Gasteiger partial charge in [-0.1, -0.05) is 11.3 Å². The van der Waals surface area contributed by atoms with Crippen LogP contribution in [0.1, 0.15) is 5.56 Å². The van der Waals surface area contributed by atoms with Crippen LogP contribution in [0.5, 0.6) is 5.06 Å². The number of carbonyl (C=O) groups is 1. The molecule has 0 saturated heterocycles. The molecule has 0 spiro atoms. The number of rotatable bonds is 2. The first-order valence-corrected chi connectivity index (χ1v) is 7.20. The third-order valence-electron chi connectivity index (χ3n) is 3.20. The number of halogens is 1. The van der Waals surface area contributed by atoms with Crippen LogP contribution in [0.4, 0.5) is 14.9 Å². The number of nitrogen functional groups attached to an aromatic ring is 1. The highest BCUT2D eigenvalue weighted by Crippen LogP contribution is 2.41. The lowest BCUT2D eigenvalue weighted by Gasteiger charge is -2.04. The number of nitrogens with two attached hydrogens (primary N) is 2. The third kappa shape index (κ3) is 2.46. The Morgan fingerprint density at radius 2 is 2.00 bits per heavy atom. The number of nitrogens with zero attached hydrogens (tertiary/aromatic N) is 1. The van der Waals surface area contributed by atoms with Crippen LogP contribution in [0.25, 0.3) is 21.5 Å². The van der Waals surface area contributed by atoms with Gasteiger partial charge in [0.25, 0.3) is 0 Å². The second-order valence-electron chi connectivity index (χ2n) is 4.74. The first-order chi connectivity index (χ1) is 10.5. The van der Waals surface area contributed by atoms with Crippen molar-refractivity contribution in [3.63, 3.8) is 0 Å². The second kappa shape index (κ2) is 5.27. The SMILES string of the molecule is Cc1cc(-c2ccc(F)cc2)nc2sc(OC(N)=O)c(N)c12. The molecular weight excluding hydrogens is 305 g/mol. The molecular formula is C15H12FN3O2S. The van der Waals surface area contributed by atoms with E-state index >= 15 is 0 Å². The van der Waals surface area contributed by atoms with E-state index in [4.69, 9.17) is 16.2 Å². The summed E-state index contributed by atoms with van der Waals surface area (Å²) in [6.45, 7) is 1.88. The highest BCUT2D eigenvalue weighted by atomic mass is 32.1. The van der Waals surface area contributed by atoms with Gasteiger partial charge in [0, 0.05) is 10.9 Å². The first-order valence-electron chi connectivity index (χ1n) is 6.38. The van der Waals surface area contributed by atoms with Gasteiger partial charge in [-0.25, -0.2) is 14.2 Å². The minimum Gasteiger partial charge on any atom is -0.397 e. The van der Waals surface area contributed by atoms with Crippen molar-refractivity contribution in [2.45, 2.75) is 6.92 Å². The quantitative estimate of drug-likeness (QED) is 0.757. The van der Waals surface area contributed by atoms with Crippen molar-refractivity contribution in [1.82, 2.24) is 4.98 Å². The van der Waals surface area contributed by atoms with Crippen LogP contribution in [0, 0.1) is 12.7 Å². The van der Waals surface area contributed by atoms with Crippen LogP contribution in [0.15, 0.2) is 30.3 Å². The summed E-state index contributed by atoms with van der Waals surface area (Å²) in [5.74, 6) is -0.306. The molecule has 2 aromatic heterocycles. The fourth-order valence-corrected chi connectivity index (χ4v) is 3.25. The molecule has 0 bridgehead atoms. The summed E-state index contributed by atoms with van der Waals surface area (Å²) < 4.78 is 17.9. The number of benzene rings is 1. The number of pyridine rings is 1. The van der Waals surface area contributed by atoms with Gasteiger partial charge in [0.2, 0.25) is 5.06 Å². The molecule has 0 radical (unpaired) electrons. The minimum atomic E-state index is -0.922. The number of amides is 1. The van der Waals surface area contributed by atoms with Crippen LogP contribution in [0.3, 0.4) is 0 Å². The zero-order valence-electron chi connectivity index (χ0n) is 11.6. The minimum absolute atomic E-state index is 0.231. The number of primary amides is 1. The summed E-state index contributed by atoms with van der Waals surface area (Å²) in [4.78, 5) is 16.0. The van der Waals surface area contributed by atoms with Crippen molar-refractivity contribution < 1.29 is 13.9 Å². The highest BCUT2D eigenvalue weighted by molar-refractivity contribution is 7.21. The van der Waals surface area contributed by atoms with E-state index in [1.165, 1.54) is 12.1 Å². The lowest BCUT2D eigenvalue weighted by atomic mass is 10.1. The topological polar surface area (TPSA) is 91.2 Å². The molecule has 0 saturated carbocycles. The van der Waals surface area contributed by atoms with E-state index < -0.39 is 6.09 Å². The molecule has 7 heteroatoms. The van der Waals surface area contributed by atoms with Crippen LogP contribution in [-0.2, 0) is 0 Å². The highest BCUT2D eigenvalue weighted by Gasteiger charge is 2.17. The Morgan fingerprint density at radius 1 is 1.32 bits per heavy atom. The number of aryl methyl sites for hydroxylation is 1. The number of carbonyl (C=O) groups excluding carboxylic acids is 1. The molecule has 0 aliphatic heterocycles. The van der Waals surface area contributed by atoms with Gasteiger partial charge in [-0.2, -0.15) is 0 Å². The van der Waals surface area contributed by atoms with Gasteiger partial charge < -0.3 is 16.2 Å². The Kier molecular flexibility index (Phi) is 3.42. The number of anilines is 1. The molecule has 0 aliphatic rings. The van der Waals surface area contributed by atoms with Gasteiger partial charge in [0.05, 0.1) is 11.4 Å². The summed E-state index contributed by atoms with van der Waals surface area (Å²) in [6, 6.07) is 7.91. The molecule has 22 heavy (non-hydrogen) atoms. The maximum atomic E-state index is 13.0. The molecule has 2 heterocycles. The maximum absolute atomic E-state index is 13.0. The number of fused-ring (bicyclic) bond motifs is 1. The predicted octanol–water partition coefficient (Wildman–Crippen LogP) is 3.45. The van der Waals surface area contributed by atoms with Gasteiger partial charge in [-0.05, 0) is 42.8 Å². The number of hydrogen-bond acceptors (Lipinski definition) is 5. The molecule has 3 aromatic rings.